The number of benzene rings is 1. The quantitative estimate of drug-likeness (QED) is 0.820. The molecule has 0 saturated carbocycles. The van der Waals surface area contributed by atoms with Crippen LogP contribution in [0.2, 0.25) is 0 Å². The van der Waals surface area contributed by atoms with Crippen LogP contribution < -0.4 is 0 Å². The third-order valence-electron chi connectivity index (χ3n) is 3.18. The van der Waals surface area contributed by atoms with E-state index in [4.69, 9.17) is 5.11 Å². The molecule has 2 heteroatoms. The van der Waals surface area contributed by atoms with Crippen LogP contribution in [0.1, 0.15) is 42.1 Å². The summed E-state index contributed by atoms with van der Waals surface area (Å²) in [5, 5.41) is 8.81. The summed E-state index contributed by atoms with van der Waals surface area (Å²) in [7, 11) is 0. The van der Waals surface area contributed by atoms with Crippen molar-refractivity contribution in [1.82, 2.24) is 0 Å². The number of rotatable bonds is 2. The molecule has 1 unspecified atom stereocenters. The molecular formula is C14H16O2. The Hall–Kier alpha value is -1.57. The van der Waals surface area contributed by atoms with E-state index in [2.05, 4.69) is 13.0 Å². The molecule has 2 rings (SSSR count). The molecule has 2 nitrogen and oxygen atoms in total. The van der Waals surface area contributed by atoms with Gasteiger partial charge in [-0.3, -0.25) is 0 Å². The molecule has 1 atom stereocenters. The van der Waals surface area contributed by atoms with Gasteiger partial charge in [-0.25, -0.2) is 4.79 Å². The lowest BCUT2D eigenvalue weighted by atomic mass is 9.87. The zero-order valence-corrected chi connectivity index (χ0v) is 9.44. The van der Waals surface area contributed by atoms with Gasteiger partial charge in [0.05, 0.1) is 5.56 Å². The summed E-state index contributed by atoms with van der Waals surface area (Å²) in [6.45, 7) is 2.26. The van der Waals surface area contributed by atoms with Crippen molar-refractivity contribution in [1.29, 1.82) is 0 Å². The SMILES string of the molecule is CC1CC=C(c2ccc(C(=O)O)cc2)CC1. The van der Waals surface area contributed by atoms with E-state index in [0.29, 0.717) is 5.56 Å². The molecule has 0 bridgehead atoms. The molecule has 0 aliphatic heterocycles. The average molecular weight is 216 g/mol. The highest BCUT2D eigenvalue weighted by Gasteiger charge is 2.11. The normalized spacial score (nSPS) is 20.3. The minimum absolute atomic E-state index is 0.355. The Kier molecular flexibility index (Phi) is 3.09. The smallest absolute Gasteiger partial charge is 0.335 e. The van der Waals surface area contributed by atoms with E-state index in [1.165, 1.54) is 12.0 Å². The molecule has 0 saturated heterocycles. The van der Waals surface area contributed by atoms with E-state index >= 15 is 0 Å². The summed E-state index contributed by atoms with van der Waals surface area (Å²) in [5.41, 5.74) is 2.88. The second kappa shape index (κ2) is 4.52. The van der Waals surface area contributed by atoms with Crippen LogP contribution >= 0.6 is 0 Å². The molecule has 1 aliphatic rings. The van der Waals surface area contributed by atoms with Gasteiger partial charge in [-0.15, -0.1) is 0 Å². The fraction of sp³-hybridized carbons (Fsp3) is 0.357. The van der Waals surface area contributed by atoms with Gasteiger partial charge in [0.15, 0.2) is 0 Å². The minimum Gasteiger partial charge on any atom is -0.478 e. The third-order valence-corrected chi connectivity index (χ3v) is 3.18. The predicted molar refractivity (Wildman–Crippen MR) is 64.4 cm³/mol. The van der Waals surface area contributed by atoms with Crippen molar-refractivity contribution in [3.05, 3.63) is 41.5 Å². The lowest BCUT2D eigenvalue weighted by molar-refractivity contribution is 0.0697. The van der Waals surface area contributed by atoms with Crippen LogP contribution in [-0.2, 0) is 0 Å². The zero-order chi connectivity index (χ0) is 11.5. The van der Waals surface area contributed by atoms with Gasteiger partial charge in [-0.05, 0) is 48.4 Å². The third kappa shape index (κ3) is 2.32. The van der Waals surface area contributed by atoms with Gasteiger partial charge < -0.3 is 5.11 Å². The molecule has 1 N–H and O–H groups in total. The topological polar surface area (TPSA) is 37.3 Å². The first-order valence-corrected chi connectivity index (χ1v) is 5.69. The van der Waals surface area contributed by atoms with Gasteiger partial charge >= 0.3 is 5.97 Å². The maximum Gasteiger partial charge on any atom is 0.335 e. The van der Waals surface area contributed by atoms with E-state index in [-0.39, 0.29) is 0 Å². The van der Waals surface area contributed by atoms with Crippen molar-refractivity contribution in [2.24, 2.45) is 5.92 Å². The molecule has 1 aliphatic carbocycles. The number of hydrogen-bond acceptors (Lipinski definition) is 1. The molecule has 0 aromatic heterocycles. The summed E-state index contributed by atoms with van der Waals surface area (Å²) in [6, 6.07) is 7.17. The van der Waals surface area contributed by atoms with Crippen LogP contribution in [-0.4, -0.2) is 11.1 Å². The van der Waals surface area contributed by atoms with Crippen LogP contribution in [0.15, 0.2) is 30.3 Å². The first-order valence-electron chi connectivity index (χ1n) is 5.69. The van der Waals surface area contributed by atoms with Gasteiger partial charge in [0.2, 0.25) is 0 Å². The Balaban J connectivity index is 2.19. The highest BCUT2D eigenvalue weighted by molar-refractivity contribution is 5.88. The van der Waals surface area contributed by atoms with Crippen LogP contribution in [0.25, 0.3) is 5.57 Å². The number of aromatic carboxylic acids is 1. The summed E-state index contributed by atoms with van der Waals surface area (Å²) >= 11 is 0. The number of carboxylic acid groups (broad SMARTS) is 1. The molecule has 16 heavy (non-hydrogen) atoms. The zero-order valence-electron chi connectivity index (χ0n) is 9.44. The van der Waals surface area contributed by atoms with E-state index in [9.17, 15) is 4.79 Å². The maximum absolute atomic E-state index is 10.7. The molecule has 0 spiro atoms. The number of hydrogen-bond donors (Lipinski definition) is 1. The number of carbonyl (C=O) groups is 1. The van der Waals surface area contributed by atoms with Crippen LogP contribution in [0.4, 0.5) is 0 Å². The van der Waals surface area contributed by atoms with Gasteiger partial charge in [-0.2, -0.15) is 0 Å². The molecule has 1 aromatic rings. The molecule has 0 heterocycles. The molecule has 84 valence electrons. The van der Waals surface area contributed by atoms with Gasteiger partial charge in [0.25, 0.3) is 0 Å². The van der Waals surface area contributed by atoms with Crippen molar-refractivity contribution in [3.63, 3.8) is 0 Å². The van der Waals surface area contributed by atoms with E-state index in [1.54, 1.807) is 12.1 Å². The Morgan fingerprint density at radius 2 is 2.00 bits per heavy atom. The monoisotopic (exact) mass is 216 g/mol. The van der Waals surface area contributed by atoms with Crippen molar-refractivity contribution in [2.75, 3.05) is 0 Å². The maximum atomic E-state index is 10.7. The second-order valence-electron chi connectivity index (χ2n) is 4.49. The Bertz CT molecular complexity index is 415. The highest BCUT2D eigenvalue weighted by Crippen LogP contribution is 2.29. The Morgan fingerprint density at radius 1 is 1.31 bits per heavy atom. The molecule has 0 fully saturated rings. The standard InChI is InChI=1S/C14H16O2/c1-10-2-4-11(5-3-10)12-6-8-13(9-7-12)14(15)16/h4,6-10H,2-3,5H2,1H3,(H,15,16). The fourth-order valence-corrected chi connectivity index (χ4v) is 2.05. The van der Waals surface area contributed by atoms with E-state index in [0.717, 1.165) is 24.3 Å². The summed E-state index contributed by atoms with van der Waals surface area (Å²) in [5.74, 6) is -0.0835. The van der Waals surface area contributed by atoms with Crippen molar-refractivity contribution >= 4 is 11.5 Å². The van der Waals surface area contributed by atoms with Crippen LogP contribution in [0.5, 0.6) is 0 Å². The van der Waals surface area contributed by atoms with Crippen LogP contribution in [0, 0.1) is 5.92 Å². The van der Waals surface area contributed by atoms with Crippen molar-refractivity contribution in [2.45, 2.75) is 26.2 Å². The lowest BCUT2D eigenvalue weighted by Crippen LogP contribution is -2.01. The van der Waals surface area contributed by atoms with Crippen molar-refractivity contribution < 1.29 is 9.90 Å². The summed E-state index contributed by atoms with van der Waals surface area (Å²) < 4.78 is 0. The molecular weight excluding hydrogens is 200 g/mol. The Morgan fingerprint density at radius 3 is 2.50 bits per heavy atom. The number of carboxylic acids is 1. The average Bonchev–Trinajstić information content (AvgIpc) is 2.30. The minimum atomic E-state index is -0.863. The summed E-state index contributed by atoms with van der Waals surface area (Å²) in [6.07, 6.45) is 5.75. The largest absolute Gasteiger partial charge is 0.478 e. The van der Waals surface area contributed by atoms with Gasteiger partial charge in [0.1, 0.15) is 0 Å². The summed E-state index contributed by atoms with van der Waals surface area (Å²) in [4.78, 5) is 10.7. The fourth-order valence-electron chi connectivity index (χ4n) is 2.05. The first kappa shape index (κ1) is 10.9. The number of allylic oxidation sites excluding steroid dienone is 2. The molecule has 1 aromatic carbocycles. The van der Waals surface area contributed by atoms with Crippen molar-refractivity contribution in [3.8, 4) is 0 Å². The van der Waals surface area contributed by atoms with Crippen LogP contribution in [0.3, 0.4) is 0 Å². The second-order valence-corrected chi connectivity index (χ2v) is 4.49. The lowest BCUT2D eigenvalue weighted by Gasteiger charge is -2.18. The predicted octanol–water partition coefficient (Wildman–Crippen LogP) is 3.59. The molecule has 0 amide bonds. The van der Waals surface area contributed by atoms with E-state index < -0.39 is 5.97 Å². The highest BCUT2D eigenvalue weighted by atomic mass is 16.4. The van der Waals surface area contributed by atoms with Gasteiger partial charge in [-0.1, -0.05) is 25.1 Å². The molecule has 0 radical (unpaired) electrons. The van der Waals surface area contributed by atoms with E-state index in [1.807, 2.05) is 12.1 Å². The first-order chi connectivity index (χ1) is 7.66. The Labute approximate surface area is 95.6 Å². The van der Waals surface area contributed by atoms with Gasteiger partial charge in [0, 0.05) is 0 Å².